The standard InChI is InChI=1S/C12H13N5OS/c1-6(2)12-16-7(3)9(19-12)11(18)17-10-8(4-13)14-5-15-10/h5-6H,1-3H3,(H,14,15)(H,17,18). The fourth-order valence-corrected chi connectivity index (χ4v) is 2.48. The Labute approximate surface area is 114 Å². The molecule has 0 aromatic carbocycles. The van der Waals surface area contributed by atoms with E-state index in [4.69, 9.17) is 5.26 Å². The van der Waals surface area contributed by atoms with Gasteiger partial charge in [0.1, 0.15) is 10.9 Å². The first-order chi connectivity index (χ1) is 9.02. The highest BCUT2D eigenvalue weighted by molar-refractivity contribution is 7.14. The third-order valence-corrected chi connectivity index (χ3v) is 3.95. The number of imidazole rings is 1. The number of H-pyrrole nitrogens is 1. The van der Waals surface area contributed by atoms with Crippen LogP contribution in [0.2, 0.25) is 0 Å². The quantitative estimate of drug-likeness (QED) is 0.899. The van der Waals surface area contributed by atoms with Crippen LogP contribution in [0.1, 0.15) is 45.8 Å². The van der Waals surface area contributed by atoms with E-state index < -0.39 is 0 Å². The minimum Gasteiger partial charge on any atom is -0.335 e. The Hall–Kier alpha value is -2.20. The van der Waals surface area contributed by atoms with E-state index in [1.54, 1.807) is 6.92 Å². The molecule has 6 nitrogen and oxygen atoms in total. The summed E-state index contributed by atoms with van der Waals surface area (Å²) in [5, 5.41) is 12.4. The minimum absolute atomic E-state index is 0.236. The molecule has 2 aromatic rings. The molecule has 2 N–H and O–H groups in total. The first kappa shape index (κ1) is 13.2. The van der Waals surface area contributed by atoms with Crippen molar-refractivity contribution in [3.05, 3.63) is 27.6 Å². The third-order valence-electron chi connectivity index (χ3n) is 2.50. The molecule has 0 unspecified atom stereocenters. The summed E-state index contributed by atoms with van der Waals surface area (Å²) in [4.78, 5) is 23.6. The van der Waals surface area contributed by atoms with Gasteiger partial charge in [-0.1, -0.05) is 13.8 Å². The monoisotopic (exact) mass is 275 g/mol. The average Bonchev–Trinajstić information content (AvgIpc) is 2.95. The summed E-state index contributed by atoms with van der Waals surface area (Å²) >= 11 is 1.37. The lowest BCUT2D eigenvalue weighted by Gasteiger charge is -2.00. The number of anilines is 1. The third kappa shape index (κ3) is 2.63. The second-order valence-electron chi connectivity index (χ2n) is 4.31. The van der Waals surface area contributed by atoms with Crippen LogP contribution in [-0.4, -0.2) is 20.9 Å². The number of thiazole rings is 1. The van der Waals surface area contributed by atoms with Gasteiger partial charge in [-0.25, -0.2) is 9.97 Å². The second kappa shape index (κ2) is 5.20. The van der Waals surface area contributed by atoms with E-state index in [0.29, 0.717) is 10.6 Å². The smallest absolute Gasteiger partial charge is 0.268 e. The molecular formula is C12H13N5OS. The van der Waals surface area contributed by atoms with Crippen molar-refractivity contribution in [3.8, 4) is 6.07 Å². The Bertz CT molecular complexity index is 649. The van der Waals surface area contributed by atoms with E-state index in [1.165, 1.54) is 17.7 Å². The van der Waals surface area contributed by atoms with Crippen molar-refractivity contribution in [1.82, 2.24) is 15.0 Å². The summed E-state index contributed by atoms with van der Waals surface area (Å²) < 4.78 is 0. The Kier molecular flexibility index (Phi) is 3.62. The molecule has 1 amide bonds. The topological polar surface area (TPSA) is 94.5 Å². The summed E-state index contributed by atoms with van der Waals surface area (Å²) in [5.41, 5.74) is 0.930. The van der Waals surface area contributed by atoms with Crippen molar-refractivity contribution in [1.29, 1.82) is 5.26 Å². The predicted molar refractivity (Wildman–Crippen MR) is 72.2 cm³/mol. The number of amides is 1. The normalized spacial score (nSPS) is 10.5. The summed E-state index contributed by atoms with van der Waals surface area (Å²) in [6.07, 6.45) is 1.37. The van der Waals surface area contributed by atoms with Crippen molar-refractivity contribution in [2.45, 2.75) is 26.7 Å². The van der Waals surface area contributed by atoms with Gasteiger partial charge in [-0.2, -0.15) is 5.26 Å². The summed E-state index contributed by atoms with van der Waals surface area (Å²) in [6, 6.07) is 1.93. The van der Waals surface area contributed by atoms with E-state index in [2.05, 4.69) is 20.3 Å². The highest BCUT2D eigenvalue weighted by atomic mass is 32.1. The molecule has 0 aliphatic carbocycles. The van der Waals surface area contributed by atoms with Gasteiger partial charge in [-0.15, -0.1) is 11.3 Å². The molecular weight excluding hydrogens is 262 g/mol. The van der Waals surface area contributed by atoms with Crippen molar-refractivity contribution < 1.29 is 4.79 Å². The highest BCUT2D eigenvalue weighted by Crippen LogP contribution is 2.25. The summed E-state index contributed by atoms with van der Waals surface area (Å²) in [5.74, 6) is 0.238. The minimum atomic E-state index is -0.287. The van der Waals surface area contributed by atoms with Crippen LogP contribution < -0.4 is 5.32 Å². The first-order valence-corrected chi connectivity index (χ1v) is 6.56. The SMILES string of the molecule is Cc1nc(C(C)C)sc1C(=O)Nc1nc[nH]c1C#N. The summed E-state index contributed by atoms with van der Waals surface area (Å²) in [7, 11) is 0. The first-order valence-electron chi connectivity index (χ1n) is 5.75. The Morgan fingerprint density at radius 2 is 2.32 bits per heavy atom. The number of carbonyl (C=O) groups is 1. The zero-order chi connectivity index (χ0) is 14.0. The highest BCUT2D eigenvalue weighted by Gasteiger charge is 2.18. The molecule has 2 rings (SSSR count). The summed E-state index contributed by atoms with van der Waals surface area (Å²) in [6.45, 7) is 5.86. The van der Waals surface area contributed by atoms with Crippen LogP contribution in [0.25, 0.3) is 0 Å². The van der Waals surface area contributed by atoms with Gasteiger partial charge in [-0.05, 0) is 6.92 Å². The lowest BCUT2D eigenvalue weighted by atomic mass is 10.2. The second-order valence-corrected chi connectivity index (χ2v) is 5.34. The van der Waals surface area contributed by atoms with Crippen molar-refractivity contribution in [3.63, 3.8) is 0 Å². The van der Waals surface area contributed by atoms with Gasteiger partial charge in [0.15, 0.2) is 11.5 Å². The fourth-order valence-electron chi connectivity index (χ4n) is 1.51. The largest absolute Gasteiger partial charge is 0.335 e. The predicted octanol–water partition coefficient (Wildman–Crippen LogP) is 2.42. The van der Waals surface area contributed by atoms with Gasteiger partial charge in [0.2, 0.25) is 0 Å². The number of aromatic amines is 1. The molecule has 0 atom stereocenters. The van der Waals surface area contributed by atoms with E-state index in [1.807, 2.05) is 19.9 Å². The van der Waals surface area contributed by atoms with Gasteiger partial charge in [-0.3, -0.25) is 4.79 Å². The van der Waals surface area contributed by atoms with Gasteiger partial charge in [0.25, 0.3) is 5.91 Å². The maximum absolute atomic E-state index is 12.1. The van der Waals surface area contributed by atoms with Crippen molar-refractivity contribution in [2.24, 2.45) is 0 Å². The molecule has 0 spiro atoms. The van der Waals surface area contributed by atoms with Gasteiger partial charge < -0.3 is 10.3 Å². The van der Waals surface area contributed by atoms with Crippen LogP contribution in [0.15, 0.2) is 6.33 Å². The molecule has 0 saturated heterocycles. The molecule has 0 fully saturated rings. The van der Waals surface area contributed by atoms with E-state index in [-0.39, 0.29) is 23.3 Å². The molecule has 0 aliphatic rings. The van der Waals surface area contributed by atoms with E-state index in [9.17, 15) is 4.79 Å². The number of nitrogens with zero attached hydrogens (tertiary/aromatic N) is 3. The van der Waals surface area contributed by atoms with Crippen LogP contribution in [0.3, 0.4) is 0 Å². The molecule has 98 valence electrons. The van der Waals surface area contributed by atoms with Crippen LogP contribution >= 0.6 is 11.3 Å². The number of nitrogens with one attached hydrogen (secondary N) is 2. The average molecular weight is 275 g/mol. The number of aryl methyl sites for hydroxylation is 1. The fraction of sp³-hybridized carbons (Fsp3) is 0.333. The van der Waals surface area contributed by atoms with E-state index in [0.717, 1.165) is 5.01 Å². The number of aromatic nitrogens is 3. The zero-order valence-electron chi connectivity index (χ0n) is 10.8. The zero-order valence-corrected chi connectivity index (χ0v) is 11.6. The molecule has 0 radical (unpaired) electrons. The van der Waals surface area contributed by atoms with Crippen LogP contribution in [-0.2, 0) is 0 Å². The molecule has 0 aliphatic heterocycles. The van der Waals surface area contributed by atoms with Gasteiger partial charge in [0, 0.05) is 5.92 Å². The van der Waals surface area contributed by atoms with Crippen LogP contribution in [0.4, 0.5) is 5.82 Å². The van der Waals surface area contributed by atoms with Crippen LogP contribution in [0.5, 0.6) is 0 Å². The Morgan fingerprint density at radius 3 is 2.89 bits per heavy atom. The van der Waals surface area contributed by atoms with Crippen molar-refractivity contribution >= 4 is 23.1 Å². The molecule has 2 aromatic heterocycles. The van der Waals surface area contributed by atoms with Gasteiger partial charge >= 0.3 is 0 Å². The van der Waals surface area contributed by atoms with Crippen LogP contribution in [0, 0.1) is 18.3 Å². The lowest BCUT2D eigenvalue weighted by molar-refractivity contribution is 0.102. The number of hydrogen-bond acceptors (Lipinski definition) is 5. The molecule has 19 heavy (non-hydrogen) atoms. The maximum Gasteiger partial charge on any atom is 0.268 e. The number of nitriles is 1. The number of rotatable bonds is 3. The Balaban J connectivity index is 2.24. The lowest BCUT2D eigenvalue weighted by Crippen LogP contribution is -2.12. The number of hydrogen-bond donors (Lipinski definition) is 2. The Morgan fingerprint density at radius 1 is 1.58 bits per heavy atom. The maximum atomic E-state index is 12.1. The van der Waals surface area contributed by atoms with Gasteiger partial charge in [0.05, 0.1) is 17.0 Å². The molecule has 0 bridgehead atoms. The number of carbonyl (C=O) groups excluding carboxylic acids is 1. The molecule has 2 heterocycles. The van der Waals surface area contributed by atoms with E-state index >= 15 is 0 Å². The van der Waals surface area contributed by atoms with Crippen molar-refractivity contribution in [2.75, 3.05) is 5.32 Å². The molecule has 7 heteroatoms. The molecule has 0 saturated carbocycles.